The SMILES string of the molecule is CCOC(CCC=O)CNC(=O)Nc1ccc(Cl)cc1. The zero-order chi connectivity index (χ0) is 14.8. The number of benzene rings is 1. The minimum absolute atomic E-state index is 0.152. The molecule has 1 aromatic carbocycles. The quantitative estimate of drug-likeness (QED) is 0.725. The Balaban J connectivity index is 2.36. The molecule has 20 heavy (non-hydrogen) atoms. The van der Waals surface area contributed by atoms with Crippen LogP contribution in [0.2, 0.25) is 5.02 Å². The number of carbonyl (C=O) groups is 2. The van der Waals surface area contributed by atoms with Gasteiger partial charge in [0.25, 0.3) is 0 Å². The van der Waals surface area contributed by atoms with Crippen molar-refractivity contribution < 1.29 is 14.3 Å². The van der Waals surface area contributed by atoms with Gasteiger partial charge in [0.1, 0.15) is 6.29 Å². The molecular weight excluding hydrogens is 280 g/mol. The summed E-state index contributed by atoms with van der Waals surface area (Å²) in [6, 6.07) is 6.51. The van der Waals surface area contributed by atoms with Gasteiger partial charge in [-0.15, -0.1) is 0 Å². The molecule has 0 aliphatic heterocycles. The maximum absolute atomic E-state index is 11.7. The van der Waals surface area contributed by atoms with Gasteiger partial charge in [0, 0.05) is 30.3 Å². The first-order chi connectivity index (χ1) is 9.65. The summed E-state index contributed by atoms with van der Waals surface area (Å²) >= 11 is 5.76. The number of halogens is 1. The van der Waals surface area contributed by atoms with Crippen LogP contribution in [0.3, 0.4) is 0 Å². The number of aldehydes is 1. The molecule has 1 atom stereocenters. The highest BCUT2D eigenvalue weighted by Gasteiger charge is 2.10. The van der Waals surface area contributed by atoms with Crippen molar-refractivity contribution in [3.8, 4) is 0 Å². The maximum Gasteiger partial charge on any atom is 0.319 e. The van der Waals surface area contributed by atoms with Crippen molar-refractivity contribution in [1.82, 2.24) is 5.32 Å². The first kappa shape index (κ1) is 16.5. The Hall–Kier alpha value is -1.59. The van der Waals surface area contributed by atoms with Gasteiger partial charge in [0.05, 0.1) is 6.10 Å². The summed E-state index contributed by atoms with van der Waals surface area (Å²) in [5, 5.41) is 6.02. The molecule has 1 unspecified atom stereocenters. The summed E-state index contributed by atoms with van der Waals surface area (Å²) in [5.74, 6) is 0. The third-order valence-electron chi connectivity index (χ3n) is 2.60. The standard InChI is InChI=1S/C14H19ClN2O3/c1-2-20-13(4-3-9-18)10-16-14(19)17-12-7-5-11(15)6-8-12/h5-9,13H,2-4,10H2,1H3,(H2,16,17,19). The number of amides is 2. The lowest BCUT2D eigenvalue weighted by Crippen LogP contribution is -2.36. The lowest BCUT2D eigenvalue weighted by atomic mass is 10.2. The molecule has 2 amide bonds. The monoisotopic (exact) mass is 298 g/mol. The van der Waals surface area contributed by atoms with E-state index in [0.29, 0.717) is 36.7 Å². The summed E-state index contributed by atoms with van der Waals surface area (Å²) in [7, 11) is 0. The van der Waals surface area contributed by atoms with E-state index in [2.05, 4.69) is 10.6 Å². The highest BCUT2D eigenvalue weighted by molar-refractivity contribution is 6.30. The molecule has 0 saturated carbocycles. The third-order valence-corrected chi connectivity index (χ3v) is 2.85. The maximum atomic E-state index is 11.7. The number of rotatable bonds is 8. The van der Waals surface area contributed by atoms with E-state index in [4.69, 9.17) is 16.3 Å². The number of ether oxygens (including phenoxy) is 1. The fraction of sp³-hybridized carbons (Fsp3) is 0.429. The van der Waals surface area contributed by atoms with Crippen LogP contribution in [-0.2, 0) is 9.53 Å². The molecule has 0 spiro atoms. The topological polar surface area (TPSA) is 67.4 Å². The van der Waals surface area contributed by atoms with E-state index in [0.717, 1.165) is 6.29 Å². The first-order valence-corrected chi connectivity index (χ1v) is 6.89. The average Bonchev–Trinajstić information content (AvgIpc) is 2.44. The molecule has 5 nitrogen and oxygen atoms in total. The summed E-state index contributed by atoms with van der Waals surface area (Å²) < 4.78 is 5.44. The fourth-order valence-electron chi connectivity index (χ4n) is 1.65. The van der Waals surface area contributed by atoms with Crippen LogP contribution in [0.15, 0.2) is 24.3 Å². The molecule has 110 valence electrons. The lowest BCUT2D eigenvalue weighted by Gasteiger charge is -2.16. The molecule has 0 saturated heterocycles. The van der Waals surface area contributed by atoms with E-state index in [1.807, 2.05) is 6.92 Å². The zero-order valence-electron chi connectivity index (χ0n) is 11.4. The van der Waals surface area contributed by atoms with Crippen LogP contribution in [-0.4, -0.2) is 31.6 Å². The summed E-state index contributed by atoms with van der Waals surface area (Å²) in [5.41, 5.74) is 0.660. The Bertz CT molecular complexity index is 423. The molecule has 0 fully saturated rings. The second-order valence-electron chi connectivity index (χ2n) is 4.16. The van der Waals surface area contributed by atoms with E-state index in [-0.39, 0.29) is 12.1 Å². The Morgan fingerprint density at radius 2 is 2.10 bits per heavy atom. The van der Waals surface area contributed by atoms with E-state index in [1.54, 1.807) is 24.3 Å². The lowest BCUT2D eigenvalue weighted by molar-refractivity contribution is -0.108. The molecule has 0 aliphatic rings. The van der Waals surface area contributed by atoms with Crippen molar-refractivity contribution in [1.29, 1.82) is 0 Å². The van der Waals surface area contributed by atoms with Gasteiger partial charge >= 0.3 is 6.03 Å². The molecule has 1 aromatic rings. The van der Waals surface area contributed by atoms with Gasteiger partial charge in [-0.05, 0) is 37.6 Å². The van der Waals surface area contributed by atoms with Crippen molar-refractivity contribution in [3.05, 3.63) is 29.3 Å². The first-order valence-electron chi connectivity index (χ1n) is 6.51. The molecule has 6 heteroatoms. The average molecular weight is 299 g/mol. The third kappa shape index (κ3) is 6.54. The molecule has 0 aliphatic carbocycles. The minimum Gasteiger partial charge on any atom is -0.377 e. The van der Waals surface area contributed by atoms with Crippen LogP contribution in [0.25, 0.3) is 0 Å². The molecule has 2 N–H and O–H groups in total. The van der Waals surface area contributed by atoms with Gasteiger partial charge in [0.2, 0.25) is 0 Å². The van der Waals surface area contributed by atoms with Crippen molar-refractivity contribution in [2.24, 2.45) is 0 Å². The van der Waals surface area contributed by atoms with E-state index in [1.165, 1.54) is 0 Å². The largest absolute Gasteiger partial charge is 0.377 e. The van der Waals surface area contributed by atoms with Crippen LogP contribution in [0, 0.1) is 0 Å². The van der Waals surface area contributed by atoms with E-state index >= 15 is 0 Å². The second-order valence-corrected chi connectivity index (χ2v) is 4.60. The Morgan fingerprint density at radius 3 is 2.70 bits per heavy atom. The van der Waals surface area contributed by atoms with Crippen molar-refractivity contribution in [3.63, 3.8) is 0 Å². The molecule has 0 bridgehead atoms. The predicted molar refractivity (Wildman–Crippen MR) is 79.2 cm³/mol. The highest BCUT2D eigenvalue weighted by Crippen LogP contribution is 2.13. The molecule has 0 aromatic heterocycles. The van der Waals surface area contributed by atoms with Crippen LogP contribution in [0.4, 0.5) is 10.5 Å². The smallest absolute Gasteiger partial charge is 0.319 e. The fourth-order valence-corrected chi connectivity index (χ4v) is 1.77. The van der Waals surface area contributed by atoms with Gasteiger partial charge in [0.15, 0.2) is 0 Å². The number of anilines is 1. The van der Waals surface area contributed by atoms with Gasteiger partial charge < -0.3 is 20.2 Å². The second kappa shape index (κ2) is 9.34. The number of nitrogens with one attached hydrogen (secondary N) is 2. The summed E-state index contributed by atoms with van der Waals surface area (Å²) in [4.78, 5) is 22.1. The molecule has 1 rings (SSSR count). The Morgan fingerprint density at radius 1 is 1.40 bits per heavy atom. The summed E-state index contributed by atoms with van der Waals surface area (Å²) in [6.45, 7) is 2.78. The van der Waals surface area contributed by atoms with Crippen LogP contribution < -0.4 is 10.6 Å². The van der Waals surface area contributed by atoms with Crippen LogP contribution in [0.1, 0.15) is 19.8 Å². The van der Waals surface area contributed by atoms with Crippen molar-refractivity contribution in [2.45, 2.75) is 25.9 Å². The predicted octanol–water partition coefficient (Wildman–Crippen LogP) is 2.85. The number of hydrogen-bond acceptors (Lipinski definition) is 3. The van der Waals surface area contributed by atoms with E-state index < -0.39 is 0 Å². The Kier molecular flexibility index (Phi) is 7.69. The molecule has 0 radical (unpaired) electrons. The number of hydrogen-bond donors (Lipinski definition) is 2. The number of urea groups is 1. The molecule has 0 heterocycles. The van der Waals surface area contributed by atoms with Gasteiger partial charge in [-0.25, -0.2) is 4.79 Å². The van der Waals surface area contributed by atoms with Crippen LogP contribution >= 0.6 is 11.6 Å². The number of carbonyl (C=O) groups excluding carboxylic acids is 2. The van der Waals surface area contributed by atoms with Crippen molar-refractivity contribution in [2.75, 3.05) is 18.5 Å². The summed E-state index contributed by atoms with van der Waals surface area (Å²) in [6.07, 6.45) is 1.71. The zero-order valence-corrected chi connectivity index (χ0v) is 12.2. The molecular formula is C14H19ClN2O3. The van der Waals surface area contributed by atoms with Gasteiger partial charge in [-0.2, -0.15) is 0 Å². The normalized spacial score (nSPS) is 11.7. The van der Waals surface area contributed by atoms with Gasteiger partial charge in [-0.1, -0.05) is 11.6 Å². The minimum atomic E-state index is -0.317. The van der Waals surface area contributed by atoms with E-state index in [9.17, 15) is 9.59 Å². The Labute approximate surface area is 123 Å². The van der Waals surface area contributed by atoms with Gasteiger partial charge in [-0.3, -0.25) is 0 Å². The van der Waals surface area contributed by atoms with Crippen LogP contribution in [0.5, 0.6) is 0 Å². The highest BCUT2D eigenvalue weighted by atomic mass is 35.5. The van der Waals surface area contributed by atoms with Crippen molar-refractivity contribution >= 4 is 29.6 Å².